The van der Waals surface area contributed by atoms with Crippen LogP contribution in [0.1, 0.15) is 6.23 Å². The average Bonchev–Trinajstić information content (AvgIpc) is 2.93. The molecule has 1 aliphatic rings. The third kappa shape index (κ3) is 1.65. The quantitative estimate of drug-likeness (QED) is 0.598. The average molecular weight is 253 g/mol. The summed E-state index contributed by atoms with van der Waals surface area (Å²) in [6, 6.07) is 0. The van der Waals surface area contributed by atoms with Crippen LogP contribution in [0.3, 0.4) is 0 Å². The van der Waals surface area contributed by atoms with Crippen LogP contribution < -0.4 is 11.3 Å². The molecule has 4 N–H and O–H groups in total. The van der Waals surface area contributed by atoms with Crippen LogP contribution in [0.2, 0.25) is 0 Å². The van der Waals surface area contributed by atoms with Gasteiger partial charge in [-0.25, -0.2) is 4.98 Å². The van der Waals surface area contributed by atoms with E-state index >= 15 is 0 Å². The monoisotopic (exact) mass is 253 g/mol. The second-order valence-electron chi connectivity index (χ2n) is 3.81. The van der Waals surface area contributed by atoms with Gasteiger partial charge in [-0.3, -0.25) is 14.3 Å². The molecule has 2 aromatic heterocycles. The highest BCUT2D eigenvalue weighted by Crippen LogP contribution is 2.23. The van der Waals surface area contributed by atoms with Crippen molar-refractivity contribution in [1.29, 1.82) is 0 Å². The normalized spacial score (nSPS) is 23.8. The first kappa shape index (κ1) is 11.1. The third-order valence-electron chi connectivity index (χ3n) is 2.64. The standard InChI is InChI=1S/C9H11N5O4/c10-9-12-7-6(8(16)13-9)11-3-14(7)4-2-17-5(1-15)18-4/h3-5,15H,1-2H2,(H3,10,12,13,16)/t4-,5+/m0/s1. The number of nitrogens with one attached hydrogen (secondary N) is 1. The molecule has 0 amide bonds. The number of H-pyrrole nitrogens is 1. The van der Waals surface area contributed by atoms with E-state index in [2.05, 4.69) is 15.0 Å². The molecule has 2 atom stereocenters. The van der Waals surface area contributed by atoms with Crippen molar-refractivity contribution in [2.75, 3.05) is 18.9 Å². The van der Waals surface area contributed by atoms with E-state index in [1.165, 1.54) is 6.33 Å². The van der Waals surface area contributed by atoms with E-state index in [0.29, 0.717) is 5.65 Å². The molecule has 9 nitrogen and oxygen atoms in total. The third-order valence-corrected chi connectivity index (χ3v) is 2.64. The highest BCUT2D eigenvalue weighted by Gasteiger charge is 2.28. The highest BCUT2D eigenvalue weighted by atomic mass is 16.7. The van der Waals surface area contributed by atoms with Gasteiger partial charge in [-0.15, -0.1) is 0 Å². The first-order valence-electron chi connectivity index (χ1n) is 5.29. The van der Waals surface area contributed by atoms with E-state index < -0.39 is 18.1 Å². The Morgan fingerprint density at radius 2 is 2.50 bits per heavy atom. The van der Waals surface area contributed by atoms with E-state index in [1.54, 1.807) is 4.57 Å². The molecule has 0 unspecified atom stereocenters. The molecule has 0 spiro atoms. The molecule has 0 aliphatic carbocycles. The first-order chi connectivity index (χ1) is 8.69. The van der Waals surface area contributed by atoms with E-state index in [4.69, 9.17) is 20.3 Å². The number of nitrogens with zero attached hydrogens (tertiary/aromatic N) is 3. The predicted octanol–water partition coefficient (Wildman–Crippen LogP) is -1.43. The fourth-order valence-electron chi connectivity index (χ4n) is 1.84. The van der Waals surface area contributed by atoms with Gasteiger partial charge in [0.15, 0.2) is 23.7 Å². The first-order valence-corrected chi connectivity index (χ1v) is 5.29. The van der Waals surface area contributed by atoms with Crippen molar-refractivity contribution in [2.45, 2.75) is 12.5 Å². The van der Waals surface area contributed by atoms with Crippen LogP contribution in [0.4, 0.5) is 5.95 Å². The van der Waals surface area contributed by atoms with E-state index in [1.807, 2.05) is 0 Å². The van der Waals surface area contributed by atoms with Gasteiger partial charge in [-0.05, 0) is 0 Å². The van der Waals surface area contributed by atoms with Crippen LogP contribution in [0, 0.1) is 0 Å². The van der Waals surface area contributed by atoms with Crippen LogP contribution in [0.5, 0.6) is 0 Å². The van der Waals surface area contributed by atoms with Gasteiger partial charge in [0.2, 0.25) is 5.95 Å². The van der Waals surface area contributed by atoms with Crippen molar-refractivity contribution in [3.8, 4) is 0 Å². The number of aromatic amines is 1. The lowest BCUT2D eigenvalue weighted by Crippen LogP contribution is -2.16. The summed E-state index contributed by atoms with van der Waals surface area (Å²) in [4.78, 5) is 21.9. The largest absolute Gasteiger partial charge is 0.391 e. The van der Waals surface area contributed by atoms with Crippen molar-refractivity contribution in [2.24, 2.45) is 0 Å². The lowest BCUT2D eigenvalue weighted by Gasteiger charge is -2.11. The number of aliphatic hydroxyl groups is 1. The second kappa shape index (κ2) is 4.05. The number of hydrogen-bond acceptors (Lipinski definition) is 7. The summed E-state index contributed by atoms with van der Waals surface area (Å²) in [6.07, 6.45) is 0.271. The summed E-state index contributed by atoms with van der Waals surface area (Å²) in [5.74, 6) is 0.00636. The van der Waals surface area contributed by atoms with Crippen molar-refractivity contribution in [1.82, 2.24) is 19.5 Å². The molecule has 1 fully saturated rings. The molecule has 0 bridgehead atoms. The molecule has 3 rings (SSSR count). The summed E-state index contributed by atoms with van der Waals surface area (Å²) in [6.45, 7) is 0.00432. The van der Waals surface area contributed by atoms with Crippen LogP contribution in [-0.4, -0.2) is 44.1 Å². The number of fused-ring (bicyclic) bond motifs is 1. The van der Waals surface area contributed by atoms with Crippen molar-refractivity contribution in [3.05, 3.63) is 16.7 Å². The Labute approximate surface area is 100 Å². The molecule has 1 aliphatic heterocycles. The SMILES string of the molecule is Nc1nc2c(ncn2[C@@H]2CO[C@@H](CO)O2)c(=O)[nH]1. The van der Waals surface area contributed by atoms with E-state index in [-0.39, 0.29) is 24.7 Å². The van der Waals surface area contributed by atoms with Crippen LogP contribution >= 0.6 is 0 Å². The smallest absolute Gasteiger partial charge is 0.280 e. The fraction of sp³-hybridized carbons (Fsp3) is 0.444. The summed E-state index contributed by atoms with van der Waals surface area (Å²) < 4.78 is 12.1. The Morgan fingerprint density at radius 3 is 3.22 bits per heavy atom. The minimum atomic E-state index is -0.674. The number of anilines is 1. The van der Waals surface area contributed by atoms with Crippen LogP contribution in [0.15, 0.2) is 11.1 Å². The number of rotatable bonds is 2. The maximum absolute atomic E-state index is 11.6. The van der Waals surface area contributed by atoms with Gasteiger partial charge in [0, 0.05) is 0 Å². The minimum Gasteiger partial charge on any atom is -0.391 e. The summed E-state index contributed by atoms with van der Waals surface area (Å²) in [7, 11) is 0. The van der Waals surface area contributed by atoms with Crippen molar-refractivity contribution < 1.29 is 14.6 Å². The molecule has 1 saturated heterocycles. The number of ether oxygens (including phenoxy) is 2. The molecule has 18 heavy (non-hydrogen) atoms. The zero-order valence-electron chi connectivity index (χ0n) is 9.24. The van der Waals surface area contributed by atoms with Gasteiger partial charge in [0.25, 0.3) is 5.56 Å². The van der Waals surface area contributed by atoms with Gasteiger partial charge in [-0.1, -0.05) is 0 Å². The lowest BCUT2D eigenvalue weighted by atomic mass is 10.5. The Hall–Kier alpha value is -1.97. The van der Waals surface area contributed by atoms with Crippen LogP contribution in [0.25, 0.3) is 11.2 Å². The Morgan fingerprint density at radius 1 is 1.67 bits per heavy atom. The molecule has 3 heterocycles. The number of nitrogen functional groups attached to an aromatic ring is 1. The summed E-state index contributed by atoms with van der Waals surface area (Å²) in [5.41, 5.74) is 5.58. The van der Waals surface area contributed by atoms with Crippen molar-refractivity contribution >= 4 is 17.1 Å². The number of imidazole rings is 1. The molecule has 96 valence electrons. The number of aromatic nitrogens is 4. The zero-order valence-corrected chi connectivity index (χ0v) is 9.24. The topological polar surface area (TPSA) is 128 Å². The molecule has 0 aromatic carbocycles. The van der Waals surface area contributed by atoms with Gasteiger partial charge < -0.3 is 20.3 Å². The number of aliphatic hydroxyl groups excluding tert-OH is 1. The van der Waals surface area contributed by atoms with E-state index in [9.17, 15) is 4.79 Å². The lowest BCUT2D eigenvalue weighted by molar-refractivity contribution is -0.0980. The van der Waals surface area contributed by atoms with Gasteiger partial charge in [0.05, 0.1) is 19.5 Å². The van der Waals surface area contributed by atoms with Crippen LogP contribution in [-0.2, 0) is 9.47 Å². The summed E-state index contributed by atoms with van der Waals surface area (Å²) >= 11 is 0. The second-order valence-corrected chi connectivity index (χ2v) is 3.81. The zero-order chi connectivity index (χ0) is 12.7. The Balaban J connectivity index is 2.05. The van der Waals surface area contributed by atoms with Gasteiger partial charge in [-0.2, -0.15) is 4.98 Å². The molecule has 9 heteroatoms. The maximum Gasteiger partial charge on any atom is 0.280 e. The number of hydrogen-bond donors (Lipinski definition) is 3. The van der Waals surface area contributed by atoms with E-state index in [0.717, 1.165) is 0 Å². The number of nitrogens with two attached hydrogens (primary N) is 1. The minimum absolute atomic E-state index is 0.00636. The van der Waals surface area contributed by atoms with Gasteiger partial charge in [0.1, 0.15) is 0 Å². The maximum atomic E-state index is 11.6. The molecular formula is C9H11N5O4. The van der Waals surface area contributed by atoms with Crippen molar-refractivity contribution in [3.63, 3.8) is 0 Å². The highest BCUT2D eigenvalue weighted by molar-refractivity contribution is 5.70. The fourth-order valence-corrected chi connectivity index (χ4v) is 1.84. The Kier molecular flexibility index (Phi) is 2.51. The molecular weight excluding hydrogens is 242 g/mol. The predicted molar refractivity (Wildman–Crippen MR) is 59.5 cm³/mol. The van der Waals surface area contributed by atoms with Gasteiger partial charge >= 0.3 is 0 Å². The summed E-state index contributed by atoms with van der Waals surface area (Å²) in [5, 5.41) is 8.92. The molecule has 2 aromatic rings. The molecule has 0 saturated carbocycles. The Bertz CT molecular complexity index is 635. The molecule has 0 radical (unpaired) electrons.